The van der Waals surface area contributed by atoms with Crippen LogP contribution in [0.25, 0.3) is 0 Å². The normalized spacial score (nSPS) is 38.9. The van der Waals surface area contributed by atoms with Crippen molar-refractivity contribution in [1.82, 2.24) is 4.90 Å². The van der Waals surface area contributed by atoms with Crippen molar-refractivity contribution in [2.75, 3.05) is 13.6 Å². The van der Waals surface area contributed by atoms with E-state index in [1.807, 2.05) is 0 Å². The first-order chi connectivity index (χ1) is 6.79. The summed E-state index contributed by atoms with van der Waals surface area (Å²) >= 11 is 0. The standard InChI is InChI=1S/C13H21N/c1-11-7-3-4-8-12(11)13-9-5-6-10-14(13)2/h3-4,7-8,11-13H,5-6,9-10H2,1-2H3. The van der Waals surface area contributed by atoms with Crippen molar-refractivity contribution in [3.8, 4) is 0 Å². The number of rotatable bonds is 1. The molecule has 3 unspecified atom stereocenters. The van der Waals surface area contributed by atoms with Crippen molar-refractivity contribution < 1.29 is 0 Å². The van der Waals surface area contributed by atoms with Crippen molar-refractivity contribution in [3.63, 3.8) is 0 Å². The molecule has 1 heteroatoms. The Kier molecular flexibility index (Phi) is 3.07. The second-order valence-corrected chi connectivity index (χ2v) is 4.75. The van der Waals surface area contributed by atoms with Crippen LogP contribution in [-0.2, 0) is 0 Å². The monoisotopic (exact) mass is 191 g/mol. The molecule has 2 aliphatic rings. The van der Waals surface area contributed by atoms with Gasteiger partial charge < -0.3 is 4.90 Å². The van der Waals surface area contributed by atoms with Gasteiger partial charge in [-0.15, -0.1) is 0 Å². The van der Waals surface area contributed by atoms with E-state index in [1.165, 1.54) is 25.8 Å². The van der Waals surface area contributed by atoms with Gasteiger partial charge in [-0.05, 0) is 38.3 Å². The lowest BCUT2D eigenvalue weighted by Crippen LogP contribution is -2.43. The van der Waals surface area contributed by atoms with Crippen LogP contribution in [0, 0.1) is 11.8 Å². The molecule has 0 radical (unpaired) electrons. The molecule has 0 aromatic carbocycles. The zero-order valence-corrected chi connectivity index (χ0v) is 9.32. The Labute approximate surface area is 87.5 Å². The molecular weight excluding hydrogens is 170 g/mol. The molecule has 0 saturated carbocycles. The third kappa shape index (κ3) is 1.93. The predicted molar refractivity (Wildman–Crippen MR) is 61.2 cm³/mol. The number of piperidine rings is 1. The average Bonchev–Trinajstić information content (AvgIpc) is 2.20. The molecule has 1 saturated heterocycles. The molecule has 0 aromatic heterocycles. The summed E-state index contributed by atoms with van der Waals surface area (Å²) < 4.78 is 0. The summed E-state index contributed by atoms with van der Waals surface area (Å²) in [6.07, 6.45) is 13.3. The van der Waals surface area contributed by atoms with Gasteiger partial charge in [-0.3, -0.25) is 0 Å². The van der Waals surface area contributed by atoms with Crippen molar-refractivity contribution in [2.24, 2.45) is 11.8 Å². The van der Waals surface area contributed by atoms with Crippen LogP contribution in [0.1, 0.15) is 26.2 Å². The first kappa shape index (κ1) is 9.97. The maximum absolute atomic E-state index is 2.55. The Balaban J connectivity index is 2.05. The molecule has 14 heavy (non-hydrogen) atoms. The van der Waals surface area contributed by atoms with E-state index in [0.717, 1.165) is 12.0 Å². The lowest BCUT2D eigenvalue weighted by molar-refractivity contribution is 0.132. The number of hydrogen-bond acceptors (Lipinski definition) is 1. The quantitative estimate of drug-likeness (QED) is 0.616. The van der Waals surface area contributed by atoms with Crippen LogP contribution in [0.15, 0.2) is 24.3 Å². The fraction of sp³-hybridized carbons (Fsp3) is 0.692. The molecule has 2 rings (SSSR count). The fourth-order valence-electron chi connectivity index (χ4n) is 2.80. The van der Waals surface area contributed by atoms with Crippen LogP contribution in [-0.4, -0.2) is 24.5 Å². The minimum atomic E-state index is 0.713. The van der Waals surface area contributed by atoms with Crippen LogP contribution >= 0.6 is 0 Å². The van der Waals surface area contributed by atoms with E-state index in [-0.39, 0.29) is 0 Å². The Hall–Kier alpha value is -0.560. The molecule has 1 heterocycles. The summed E-state index contributed by atoms with van der Waals surface area (Å²) in [5.41, 5.74) is 0. The molecule has 1 aliphatic carbocycles. The van der Waals surface area contributed by atoms with Crippen molar-refractivity contribution >= 4 is 0 Å². The smallest absolute Gasteiger partial charge is 0.0161 e. The Bertz CT molecular complexity index is 242. The lowest BCUT2D eigenvalue weighted by atomic mass is 9.80. The van der Waals surface area contributed by atoms with E-state index in [9.17, 15) is 0 Å². The summed E-state index contributed by atoms with van der Waals surface area (Å²) in [6, 6.07) is 0.778. The van der Waals surface area contributed by atoms with Crippen molar-refractivity contribution in [3.05, 3.63) is 24.3 Å². The fourth-order valence-corrected chi connectivity index (χ4v) is 2.80. The molecule has 0 spiro atoms. The minimum absolute atomic E-state index is 0.713. The van der Waals surface area contributed by atoms with E-state index in [4.69, 9.17) is 0 Å². The van der Waals surface area contributed by atoms with Crippen LogP contribution in [0.5, 0.6) is 0 Å². The highest BCUT2D eigenvalue weighted by molar-refractivity contribution is 5.15. The van der Waals surface area contributed by atoms with Crippen LogP contribution < -0.4 is 0 Å². The van der Waals surface area contributed by atoms with E-state index in [2.05, 4.69) is 43.2 Å². The van der Waals surface area contributed by atoms with Gasteiger partial charge in [0.05, 0.1) is 0 Å². The number of hydrogen-bond donors (Lipinski definition) is 0. The molecule has 1 nitrogen and oxygen atoms in total. The zero-order valence-electron chi connectivity index (χ0n) is 9.32. The summed E-state index contributed by atoms with van der Waals surface area (Å²) in [6.45, 7) is 3.62. The third-order valence-electron chi connectivity index (χ3n) is 3.74. The average molecular weight is 191 g/mol. The maximum atomic E-state index is 2.55. The minimum Gasteiger partial charge on any atom is -0.303 e. The van der Waals surface area contributed by atoms with Gasteiger partial charge >= 0.3 is 0 Å². The molecule has 1 aliphatic heterocycles. The van der Waals surface area contributed by atoms with E-state index in [1.54, 1.807) is 0 Å². The van der Waals surface area contributed by atoms with Crippen LogP contribution in [0.2, 0.25) is 0 Å². The lowest BCUT2D eigenvalue weighted by Gasteiger charge is -2.39. The summed E-state index contributed by atoms with van der Waals surface area (Å²) in [7, 11) is 2.28. The molecule has 3 atom stereocenters. The third-order valence-corrected chi connectivity index (χ3v) is 3.74. The number of allylic oxidation sites excluding steroid dienone is 3. The summed E-state index contributed by atoms with van der Waals surface area (Å²) in [4.78, 5) is 2.55. The second kappa shape index (κ2) is 4.31. The van der Waals surface area contributed by atoms with Crippen LogP contribution in [0.4, 0.5) is 0 Å². The second-order valence-electron chi connectivity index (χ2n) is 4.75. The van der Waals surface area contributed by atoms with Gasteiger partial charge in [0, 0.05) is 6.04 Å². The number of nitrogens with zero attached hydrogens (tertiary/aromatic N) is 1. The van der Waals surface area contributed by atoms with Crippen molar-refractivity contribution in [2.45, 2.75) is 32.2 Å². The highest BCUT2D eigenvalue weighted by Gasteiger charge is 2.29. The first-order valence-electron chi connectivity index (χ1n) is 5.84. The van der Waals surface area contributed by atoms with Crippen LogP contribution in [0.3, 0.4) is 0 Å². The first-order valence-corrected chi connectivity index (χ1v) is 5.84. The highest BCUT2D eigenvalue weighted by atomic mass is 15.1. The zero-order chi connectivity index (χ0) is 9.97. The van der Waals surface area contributed by atoms with E-state index < -0.39 is 0 Å². The predicted octanol–water partition coefficient (Wildman–Crippen LogP) is 2.85. The van der Waals surface area contributed by atoms with Gasteiger partial charge in [0.1, 0.15) is 0 Å². The molecule has 1 fully saturated rings. The van der Waals surface area contributed by atoms with Gasteiger partial charge in [0.25, 0.3) is 0 Å². The largest absolute Gasteiger partial charge is 0.303 e. The topological polar surface area (TPSA) is 3.24 Å². The van der Waals surface area contributed by atoms with Crippen molar-refractivity contribution in [1.29, 1.82) is 0 Å². The summed E-state index contributed by atoms with van der Waals surface area (Å²) in [5.74, 6) is 1.45. The molecule has 0 amide bonds. The van der Waals surface area contributed by atoms with E-state index in [0.29, 0.717) is 5.92 Å². The summed E-state index contributed by atoms with van der Waals surface area (Å²) in [5, 5.41) is 0. The van der Waals surface area contributed by atoms with Gasteiger partial charge in [0.15, 0.2) is 0 Å². The maximum Gasteiger partial charge on any atom is 0.0161 e. The van der Waals surface area contributed by atoms with Gasteiger partial charge in [-0.25, -0.2) is 0 Å². The number of likely N-dealkylation sites (tertiary alicyclic amines) is 1. The SMILES string of the molecule is CC1C=CC=CC1C1CCCCN1C. The molecule has 0 aromatic rings. The molecular formula is C13H21N. The molecule has 78 valence electrons. The molecule has 0 bridgehead atoms. The Morgan fingerprint density at radius 3 is 2.64 bits per heavy atom. The van der Waals surface area contributed by atoms with Gasteiger partial charge in [-0.2, -0.15) is 0 Å². The Morgan fingerprint density at radius 1 is 1.14 bits per heavy atom. The molecule has 0 N–H and O–H groups in total. The Morgan fingerprint density at radius 2 is 1.93 bits per heavy atom. The van der Waals surface area contributed by atoms with E-state index >= 15 is 0 Å². The van der Waals surface area contributed by atoms with Gasteiger partial charge in [-0.1, -0.05) is 37.6 Å². The highest BCUT2D eigenvalue weighted by Crippen LogP contribution is 2.30. The van der Waals surface area contributed by atoms with Gasteiger partial charge in [0.2, 0.25) is 0 Å².